The third kappa shape index (κ3) is 7.62. The molecule has 0 saturated carbocycles. The largest absolute Gasteiger partial charge is 0.385 e. The maximum Gasteiger partial charge on any atom is 0.270 e. The van der Waals surface area contributed by atoms with Gasteiger partial charge in [0.2, 0.25) is 0 Å². The fourth-order valence-electron chi connectivity index (χ4n) is 0.843. The zero-order valence-corrected chi connectivity index (χ0v) is 7.58. The predicted molar refractivity (Wildman–Crippen MR) is 43.0 cm³/mol. The summed E-state index contributed by atoms with van der Waals surface area (Å²) in [5.41, 5.74) is 0. The van der Waals surface area contributed by atoms with E-state index in [2.05, 4.69) is 5.32 Å². The van der Waals surface area contributed by atoms with Gasteiger partial charge in [-0.15, -0.1) is 0 Å². The van der Waals surface area contributed by atoms with Crippen molar-refractivity contribution in [2.45, 2.75) is 32.1 Å². The van der Waals surface area contributed by atoms with Crippen molar-refractivity contribution in [2.75, 3.05) is 6.54 Å². The Morgan fingerprint density at radius 3 is 2.15 bits per heavy atom. The Labute approximate surface area is 74.8 Å². The molecule has 1 nitrogen and oxygen atoms in total. The molecule has 0 spiro atoms. The van der Waals surface area contributed by atoms with Crippen LogP contribution < -0.4 is 5.32 Å². The molecule has 0 aromatic carbocycles. The van der Waals surface area contributed by atoms with E-state index >= 15 is 0 Å². The van der Waals surface area contributed by atoms with Gasteiger partial charge in [-0.25, -0.2) is 17.6 Å². The van der Waals surface area contributed by atoms with Crippen molar-refractivity contribution in [3.63, 3.8) is 0 Å². The SMILES string of the molecule is C/C=C\NCC(F)(F)CC(C)(F)F. The van der Waals surface area contributed by atoms with E-state index in [0.717, 1.165) is 0 Å². The van der Waals surface area contributed by atoms with Gasteiger partial charge in [0.25, 0.3) is 11.8 Å². The molecule has 0 aliphatic rings. The molecule has 0 amide bonds. The van der Waals surface area contributed by atoms with Gasteiger partial charge >= 0.3 is 0 Å². The lowest BCUT2D eigenvalue weighted by Gasteiger charge is -2.19. The third-order valence-corrected chi connectivity index (χ3v) is 1.21. The number of allylic oxidation sites excluding steroid dienone is 1. The summed E-state index contributed by atoms with van der Waals surface area (Å²) in [7, 11) is 0. The molecule has 0 saturated heterocycles. The summed E-state index contributed by atoms with van der Waals surface area (Å²) in [5, 5.41) is 2.23. The fourth-order valence-corrected chi connectivity index (χ4v) is 0.843. The van der Waals surface area contributed by atoms with Crippen molar-refractivity contribution < 1.29 is 17.6 Å². The Balaban J connectivity index is 3.93. The van der Waals surface area contributed by atoms with Crippen LogP contribution in [0, 0.1) is 0 Å². The summed E-state index contributed by atoms with van der Waals surface area (Å²) in [6.45, 7) is 1.36. The topological polar surface area (TPSA) is 12.0 Å². The maximum atomic E-state index is 12.7. The van der Waals surface area contributed by atoms with Crippen LogP contribution in [0.1, 0.15) is 20.3 Å². The lowest BCUT2D eigenvalue weighted by Crippen LogP contribution is -2.35. The lowest BCUT2D eigenvalue weighted by molar-refractivity contribution is -0.0972. The van der Waals surface area contributed by atoms with E-state index in [9.17, 15) is 17.6 Å². The lowest BCUT2D eigenvalue weighted by atomic mass is 10.1. The molecule has 0 heterocycles. The first-order valence-corrected chi connectivity index (χ1v) is 3.87. The highest BCUT2D eigenvalue weighted by Crippen LogP contribution is 2.29. The Hall–Kier alpha value is -0.740. The molecule has 0 aromatic heterocycles. The van der Waals surface area contributed by atoms with E-state index in [1.54, 1.807) is 6.92 Å². The second-order valence-electron chi connectivity index (χ2n) is 2.98. The maximum absolute atomic E-state index is 12.7. The van der Waals surface area contributed by atoms with Gasteiger partial charge in [0.05, 0.1) is 13.0 Å². The molecule has 13 heavy (non-hydrogen) atoms. The van der Waals surface area contributed by atoms with E-state index in [-0.39, 0.29) is 0 Å². The first-order valence-electron chi connectivity index (χ1n) is 3.87. The molecule has 0 atom stereocenters. The average molecular weight is 199 g/mol. The number of rotatable bonds is 5. The van der Waals surface area contributed by atoms with Crippen molar-refractivity contribution in [1.82, 2.24) is 5.32 Å². The van der Waals surface area contributed by atoms with E-state index in [4.69, 9.17) is 0 Å². The fraction of sp³-hybridized carbons (Fsp3) is 0.750. The molecule has 0 fully saturated rings. The van der Waals surface area contributed by atoms with E-state index < -0.39 is 24.8 Å². The molecule has 0 unspecified atom stereocenters. The van der Waals surface area contributed by atoms with Gasteiger partial charge in [0, 0.05) is 0 Å². The highest BCUT2D eigenvalue weighted by atomic mass is 19.3. The summed E-state index contributed by atoms with van der Waals surface area (Å²) in [5.74, 6) is -6.71. The number of alkyl halides is 4. The monoisotopic (exact) mass is 199 g/mol. The second kappa shape index (κ2) is 4.48. The highest BCUT2D eigenvalue weighted by molar-refractivity contribution is 4.81. The number of nitrogens with one attached hydrogen (secondary N) is 1. The zero-order valence-electron chi connectivity index (χ0n) is 7.58. The van der Waals surface area contributed by atoms with Gasteiger partial charge in [0.1, 0.15) is 0 Å². The van der Waals surface area contributed by atoms with Crippen molar-refractivity contribution in [1.29, 1.82) is 0 Å². The Bertz CT molecular complexity index is 171. The molecule has 1 N–H and O–H groups in total. The molecule has 0 aliphatic heterocycles. The highest BCUT2D eigenvalue weighted by Gasteiger charge is 2.39. The molecule has 0 radical (unpaired) electrons. The van der Waals surface area contributed by atoms with Crippen LogP contribution in [-0.4, -0.2) is 18.4 Å². The third-order valence-electron chi connectivity index (χ3n) is 1.21. The van der Waals surface area contributed by atoms with Crippen molar-refractivity contribution in [3.8, 4) is 0 Å². The summed E-state index contributed by atoms with van der Waals surface area (Å²) >= 11 is 0. The van der Waals surface area contributed by atoms with Gasteiger partial charge in [0.15, 0.2) is 0 Å². The number of hydrogen-bond donors (Lipinski definition) is 1. The molecular weight excluding hydrogens is 186 g/mol. The Morgan fingerprint density at radius 2 is 1.77 bits per heavy atom. The normalized spacial score (nSPS) is 13.7. The van der Waals surface area contributed by atoms with Gasteiger partial charge in [-0.3, -0.25) is 0 Å². The van der Waals surface area contributed by atoms with Crippen LogP contribution in [-0.2, 0) is 0 Å². The summed E-state index contributed by atoms with van der Waals surface area (Å²) in [6.07, 6.45) is 1.38. The number of hydrogen-bond acceptors (Lipinski definition) is 1. The van der Waals surface area contributed by atoms with E-state index in [0.29, 0.717) is 6.92 Å². The Kier molecular flexibility index (Phi) is 4.23. The standard InChI is InChI=1S/C8H13F4N/c1-3-4-13-6-8(11,12)5-7(2,9)10/h3-4,13H,5-6H2,1-2H3/b4-3-. The molecular formula is C8H13F4N. The van der Waals surface area contributed by atoms with Crippen molar-refractivity contribution in [2.24, 2.45) is 0 Å². The minimum atomic E-state index is -3.38. The first kappa shape index (κ1) is 12.3. The minimum absolute atomic E-state index is 0.483. The minimum Gasteiger partial charge on any atom is -0.385 e. The van der Waals surface area contributed by atoms with Crippen LogP contribution in [0.4, 0.5) is 17.6 Å². The Morgan fingerprint density at radius 1 is 1.23 bits per heavy atom. The van der Waals surface area contributed by atoms with Crippen LogP contribution >= 0.6 is 0 Å². The van der Waals surface area contributed by atoms with Crippen LogP contribution in [0.2, 0.25) is 0 Å². The smallest absolute Gasteiger partial charge is 0.270 e. The van der Waals surface area contributed by atoms with Gasteiger partial charge in [-0.05, 0) is 20.0 Å². The van der Waals surface area contributed by atoms with Gasteiger partial charge in [-0.1, -0.05) is 6.08 Å². The average Bonchev–Trinajstić information content (AvgIpc) is 1.81. The molecule has 5 heteroatoms. The van der Waals surface area contributed by atoms with E-state index in [1.165, 1.54) is 12.3 Å². The van der Waals surface area contributed by atoms with Crippen molar-refractivity contribution in [3.05, 3.63) is 12.3 Å². The zero-order chi connectivity index (χ0) is 10.5. The van der Waals surface area contributed by atoms with Gasteiger partial charge < -0.3 is 5.32 Å². The molecule has 0 rings (SSSR count). The van der Waals surface area contributed by atoms with Crippen LogP contribution in [0.15, 0.2) is 12.3 Å². The van der Waals surface area contributed by atoms with E-state index in [1.807, 2.05) is 0 Å². The quantitative estimate of drug-likeness (QED) is 0.671. The summed E-state index contributed by atoms with van der Waals surface area (Å²) < 4.78 is 49.7. The molecule has 0 aromatic rings. The molecule has 0 bridgehead atoms. The second-order valence-corrected chi connectivity index (χ2v) is 2.98. The van der Waals surface area contributed by atoms with Crippen LogP contribution in [0.5, 0.6) is 0 Å². The molecule has 78 valence electrons. The van der Waals surface area contributed by atoms with Gasteiger partial charge in [-0.2, -0.15) is 0 Å². The summed E-state index contributed by atoms with van der Waals surface area (Å²) in [6, 6.07) is 0. The molecule has 0 aliphatic carbocycles. The van der Waals surface area contributed by atoms with Crippen LogP contribution in [0.3, 0.4) is 0 Å². The predicted octanol–water partition coefficient (Wildman–Crippen LogP) is 2.79. The number of halogens is 4. The summed E-state index contributed by atoms with van der Waals surface area (Å²) in [4.78, 5) is 0. The first-order chi connectivity index (χ1) is 5.77. The van der Waals surface area contributed by atoms with Crippen molar-refractivity contribution >= 4 is 0 Å². The van der Waals surface area contributed by atoms with Crippen LogP contribution in [0.25, 0.3) is 0 Å².